The van der Waals surface area contributed by atoms with E-state index in [9.17, 15) is 9.18 Å². The van der Waals surface area contributed by atoms with Crippen LogP contribution in [0.15, 0.2) is 18.2 Å². The standard InChI is InChI=1S/C12H12ClFN4O2/c1-7(4-11(19)20)6-18-12(15-16-17-18)9-3-2-8(14)5-10(9)13/h2-3,5,7H,4,6H2,1H3,(H,19,20). The van der Waals surface area contributed by atoms with Crippen molar-refractivity contribution >= 4 is 17.6 Å². The van der Waals surface area contributed by atoms with E-state index in [1.165, 1.54) is 22.9 Å². The lowest BCUT2D eigenvalue weighted by Gasteiger charge is -2.10. The second-order valence-electron chi connectivity index (χ2n) is 4.51. The average molecular weight is 299 g/mol. The molecule has 0 saturated heterocycles. The molecule has 0 aliphatic rings. The molecule has 1 aromatic carbocycles. The Bertz CT molecular complexity index is 632. The van der Waals surface area contributed by atoms with Crippen LogP contribution in [0.3, 0.4) is 0 Å². The van der Waals surface area contributed by atoms with Gasteiger partial charge in [-0.3, -0.25) is 4.79 Å². The maximum Gasteiger partial charge on any atom is 0.303 e. The van der Waals surface area contributed by atoms with Crippen LogP contribution in [0.4, 0.5) is 4.39 Å². The van der Waals surface area contributed by atoms with Crippen molar-refractivity contribution in [3.8, 4) is 11.4 Å². The van der Waals surface area contributed by atoms with E-state index in [0.717, 1.165) is 0 Å². The van der Waals surface area contributed by atoms with Crippen LogP contribution in [-0.4, -0.2) is 31.3 Å². The summed E-state index contributed by atoms with van der Waals surface area (Å²) in [5.41, 5.74) is 0.501. The summed E-state index contributed by atoms with van der Waals surface area (Å²) in [7, 11) is 0. The third-order valence-corrected chi connectivity index (χ3v) is 3.02. The fourth-order valence-electron chi connectivity index (χ4n) is 1.85. The summed E-state index contributed by atoms with van der Waals surface area (Å²) < 4.78 is 14.5. The van der Waals surface area contributed by atoms with Crippen molar-refractivity contribution < 1.29 is 14.3 Å². The van der Waals surface area contributed by atoms with Gasteiger partial charge in [0, 0.05) is 18.5 Å². The van der Waals surface area contributed by atoms with Gasteiger partial charge in [0.15, 0.2) is 5.82 Å². The summed E-state index contributed by atoms with van der Waals surface area (Å²) in [6, 6.07) is 3.93. The molecule has 0 saturated carbocycles. The minimum atomic E-state index is -0.882. The molecule has 0 fully saturated rings. The molecular weight excluding hydrogens is 287 g/mol. The molecule has 106 valence electrons. The summed E-state index contributed by atoms with van der Waals surface area (Å²) in [4.78, 5) is 10.7. The smallest absolute Gasteiger partial charge is 0.303 e. The van der Waals surface area contributed by atoms with Crippen molar-refractivity contribution in [2.45, 2.75) is 19.9 Å². The zero-order valence-electron chi connectivity index (χ0n) is 10.6. The number of aromatic nitrogens is 4. The number of hydrogen-bond donors (Lipinski definition) is 1. The molecule has 1 aromatic heterocycles. The van der Waals surface area contributed by atoms with Gasteiger partial charge < -0.3 is 5.11 Å². The predicted octanol–water partition coefficient (Wildman–Crippen LogP) is 2.24. The minimum absolute atomic E-state index is 0.0104. The van der Waals surface area contributed by atoms with E-state index in [2.05, 4.69) is 15.5 Å². The van der Waals surface area contributed by atoms with Crippen molar-refractivity contribution in [3.63, 3.8) is 0 Å². The fourth-order valence-corrected chi connectivity index (χ4v) is 2.10. The Balaban J connectivity index is 2.26. The van der Waals surface area contributed by atoms with Gasteiger partial charge in [0.25, 0.3) is 0 Å². The highest BCUT2D eigenvalue weighted by atomic mass is 35.5. The summed E-state index contributed by atoms with van der Waals surface area (Å²) in [6.07, 6.45) is 0.0104. The first kappa shape index (κ1) is 14.4. The van der Waals surface area contributed by atoms with Crippen molar-refractivity contribution in [1.82, 2.24) is 20.2 Å². The van der Waals surface area contributed by atoms with Gasteiger partial charge in [-0.05, 0) is 34.5 Å². The minimum Gasteiger partial charge on any atom is -0.481 e. The second-order valence-corrected chi connectivity index (χ2v) is 4.92. The van der Waals surface area contributed by atoms with Crippen LogP contribution in [0, 0.1) is 11.7 Å². The number of aliphatic carboxylic acids is 1. The molecule has 0 radical (unpaired) electrons. The van der Waals surface area contributed by atoms with Crippen molar-refractivity contribution in [2.24, 2.45) is 5.92 Å². The normalized spacial score (nSPS) is 12.3. The second kappa shape index (κ2) is 5.96. The maximum absolute atomic E-state index is 13.0. The number of nitrogens with zero attached hydrogens (tertiary/aromatic N) is 4. The van der Waals surface area contributed by atoms with Crippen molar-refractivity contribution in [3.05, 3.63) is 29.0 Å². The molecule has 20 heavy (non-hydrogen) atoms. The monoisotopic (exact) mass is 298 g/mol. The first-order valence-corrected chi connectivity index (χ1v) is 6.28. The largest absolute Gasteiger partial charge is 0.481 e. The Kier molecular flexibility index (Phi) is 4.29. The van der Waals surface area contributed by atoms with E-state index in [0.29, 0.717) is 17.9 Å². The van der Waals surface area contributed by atoms with Gasteiger partial charge in [0.1, 0.15) is 5.82 Å². The van der Waals surface area contributed by atoms with E-state index in [-0.39, 0.29) is 17.4 Å². The average Bonchev–Trinajstić information content (AvgIpc) is 2.75. The van der Waals surface area contributed by atoms with Crippen LogP contribution >= 0.6 is 11.6 Å². The third-order valence-electron chi connectivity index (χ3n) is 2.71. The molecule has 2 aromatic rings. The summed E-state index contributed by atoms with van der Waals surface area (Å²) in [5, 5.41) is 20.2. The molecule has 2 rings (SSSR count). The van der Waals surface area contributed by atoms with Crippen molar-refractivity contribution in [2.75, 3.05) is 0 Å². The number of hydrogen-bond acceptors (Lipinski definition) is 4. The van der Waals surface area contributed by atoms with Gasteiger partial charge in [0.05, 0.1) is 5.02 Å². The van der Waals surface area contributed by atoms with E-state index < -0.39 is 11.8 Å². The van der Waals surface area contributed by atoms with E-state index in [1.54, 1.807) is 6.92 Å². The van der Waals surface area contributed by atoms with Crippen LogP contribution < -0.4 is 0 Å². The third kappa shape index (κ3) is 3.30. The number of carbonyl (C=O) groups is 1. The SMILES string of the molecule is CC(CC(=O)O)Cn1nnnc1-c1ccc(F)cc1Cl. The molecule has 0 amide bonds. The molecule has 0 aliphatic heterocycles. The van der Waals surface area contributed by atoms with E-state index in [1.807, 2.05) is 0 Å². The molecule has 1 heterocycles. The lowest BCUT2D eigenvalue weighted by molar-refractivity contribution is -0.138. The number of halogens is 2. The Hall–Kier alpha value is -2.02. The Morgan fingerprint density at radius 2 is 2.30 bits per heavy atom. The molecule has 8 heteroatoms. The maximum atomic E-state index is 13.0. The lowest BCUT2D eigenvalue weighted by atomic mass is 10.1. The van der Waals surface area contributed by atoms with Gasteiger partial charge in [-0.15, -0.1) is 5.10 Å². The van der Waals surface area contributed by atoms with Crippen LogP contribution in [0.2, 0.25) is 5.02 Å². The first-order valence-electron chi connectivity index (χ1n) is 5.90. The highest BCUT2D eigenvalue weighted by Crippen LogP contribution is 2.26. The number of carboxylic acids is 1. The summed E-state index contributed by atoms with van der Waals surface area (Å²) in [6.45, 7) is 2.12. The molecule has 0 bridgehead atoms. The Morgan fingerprint density at radius 3 is 2.95 bits per heavy atom. The molecule has 1 unspecified atom stereocenters. The summed E-state index contributed by atoms with van der Waals surface area (Å²) >= 11 is 5.97. The Morgan fingerprint density at radius 1 is 1.55 bits per heavy atom. The number of benzene rings is 1. The van der Waals surface area contributed by atoms with Gasteiger partial charge >= 0.3 is 5.97 Å². The molecule has 0 spiro atoms. The lowest BCUT2D eigenvalue weighted by Crippen LogP contribution is -2.14. The quantitative estimate of drug-likeness (QED) is 0.915. The van der Waals surface area contributed by atoms with Gasteiger partial charge in [0.2, 0.25) is 0 Å². The fraction of sp³-hybridized carbons (Fsp3) is 0.333. The zero-order valence-corrected chi connectivity index (χ0v) is 11.4. The first-order chi connectivity index (χ1) is 9.47. The van der Waals surface area contributed by atoms with E-state index in [4.69, 9.17) is 16.7 Å². The Labute approximate surface area is 119 Å². The zero-order chi connectivity index (χ0) is 14.7. The molecule has 6 nitrogen and oxygen atoms in total. The highest BCUT2D eigenvalue weighted by Gasteiger charge is 2.16. The number of carboxylic acid groups (broad SMARTS) is 1. The molecule has 1 N–H and O–H groups in total. The topological polar surface area (TPSA) is 80.9 Å². The van der Waals surface area contributed by atoms with Gasteiger partial charge in [-0.25, -0.2) is 9.07 Å². The van der Waals surface area contributed by atoms with Gasteiger partial charge in [-0.2, -0.15) is 0 Å². The van der Waals surface area contributed by atoms with Crippen LogP contribution in [0.5, 0.6) is 0 Å². The molecule has 1 atom stereocenters. The van der Waals surface area contributed by atoms with E-state index >= 15 is 0 Å². The number of tetrazole rings is 1. The van der Waals surface area contributed by atoms with Crippen LogP contribution in [0.25, 0.3) is 11.4 Å². The molecular formula is C12H12ClFN4O2. The summed E-state index contributed by atoms with van der Waals surface area (Å²) in [5.74, 6) is -1.09. The van der Waals surface area contributed by atoms with Crippen molar-refractivity contribution in [1.29, 1.82) is 0 Å². The van der Waals surface area contributed by atoms with Gasteiger partial charge in [-0.1, -0.05) is 18.5 Å². The molecule has 0 aliphatic carbocycles. The van der Waals surface area contributed by atoms with Crippen LogP contribution in [0.1, 0.15) is 13.3 Å². The van der Waals surface area contributed by atoms with Crippen LogP contribution in [-0.2, 0) is 11.3 Å². The number of rotatable bonds is 5. The highest BCUT2D eigenvalue weighted by molar-refractivity contribution is 6.33. The predicted molar refractivity (Wildman–Crippen MR) is 69.6 cm³/mol.